The van der Waals surface area contributed by atoms with E-state index < -0.39 is 30.2 Å². The number of phenolic OH excluding ortho intramolecular Hbond substituents is 1. The quantitative estimate of drug-likeness (QED) is 0.658. The van der Waals surface area contributed by atoms with Crippen molar-refractivity contribution in [3.05, 3.63) is 29.2 Å². The van der Waals surface area contributed by atoms with Gasteiger partial charge in [-0.15, -0.1) is 0 Å². The van der Waals surface area contributed by atoms with Crippen LogP contribution in [0.5, 0.6) is 5.75 Å². The lowest BCUT2D eigenvalue weighted by Crippen LogP contribution is -2.26. The van der Waals surface area contributed by atoms with Crippen LogP contribution in [-0.2, 0) is 4.79 Å². The lowest BCUT2D eigenvalue weighted by Gasteiger charge is -2.07. The standard InChI is InChI=1S/C12H10BF3N2O2/c1-6-17-10(12(20)18(6)2)4-7-3-9(14)11(19)5-8(7)13(15)16/h3-5,19H,1-2H3/b10-4-. The Morgan fingerprint density at radius 1 is 1.40 bits per heavy atom. The Hall–Kier alpha value is -2.25. The van der Waals surface area contributed by atoms with E-state index in [0.717, 1.165) is 12.1 Å². The number of amidine groups is 1. The Kier molecular flexibility index (Phi) is 3.56. The molecule has 1 heterocycles. The lowest BCUT2D eigenvalue weighted by molar-refractivity contribution is -0.121. The highest BCUT2D eigenvalue weighted by molar-refractivity contribution is 6.61. The van der Waals surface area contributed by atoms with Crippen LogP contribution >= 0.6 is 0 Å². The summed E-state index contributed by atoms with van der Waals surface area (Å²) in [5.74, 6) is -1.95. The van der Waals surface area contributed by atoms with Crippen molar-refractivity contribution in [2.24, 2.45) is 4.99 Å². The molecule has 1 aliphatic heterocycles. The first kappa shape index (κ1) is 14.2. The van der Waals surface area contributed by atoms with Crippen molar-refractivity contribution in [3.8, 4) is 5.75 Å². The smallest absolute Gasteiger partial charge is 0.505 e. The van der Waals surface area contributed by atoms with Crippen LogP contribution < -0.4 is 5.46 Å². The van der Waals surface area contributed by atoms with Gasteiger partial charge in [0.05, 0.1) is 0 Å². The van der Waals surface area contributed by atoms with Gasteiger partial charge in [0.2, 0.25) is 0 Å². The van der Waals surface area contributed by atoms with Crippen molar-refractivity contribution < 1.29 is 22.9 Å². The molecule has 0 atom stereocenters. The number of amides is 1. The molecule has 1 aromatic carbocycles. The van der Waals surface area contributed by atoms with Crippen molar-refractivity contribution in [2.75, 3.05) is 7.05 Å². The second kappa shape index (κ2) is 5.03. The fourth-order valence-corrected chi connectivity index (χ4v) is 1.76. The van der Waals surface area contributed by atoms with Gasteiger partial charge in [0.15, 0.2) is 11.6 Å². The summed E-state index contributed by atoms with van der Waals surface area (Å²) in [7, 11) is -1.42. The molecule has 0 unspecified atom stereocenters. The molecule has 0 spiro atoms. The first-order chi connectivity index (χ1) is 9.31. The van der Waals surface area contributed by atoms with Gasteiger partial charge in [0, 0.05) is 12.5 Å². The number of aliphatic imine (C=N–C) groups is 1. The zero-order valence-corrected chi connectivity index (χ0v) is 10.7. The number of phenols is 1. The number of halogens is 3. The van der Waals surface area contributed by atoms with Gasteiger partial charge in [-0.3, -0.25) is 18.3 Å². The maximum absolute atomic E-state index is 13.3. The van der Waals surface area contributed by atoms with Crippen LogP contribution in [-0.4, -0.2) is 36.1 Å². The average molecular weight is 282 g/mol. The molecule has 0 fully saturated rings. The van der Waals surface area contributed by atoms with Gasteiger partial charge in [0.25, 0.3) is 5.91 Å². The Balaban J connectivity index is 2.54. The Morgan fingerprint density at radius 3 is 2.55 bits per heavy atom. The minimum Gasteiger partial charge on any atom is -0.505 e. The Bertz CT molecular complexity index is 644. The average Bonchev–Trinajstić information content (AvgIpc) is 2.61. The summed E-state index contributed by atoms with van der Waals surface area (Å²) >= 11 is 0. The fourth-order valence-electron chi connectivity index (χ4n) is 1.76. The number of hydrogen-bond donors (Lipinski definition) is 1. The maximum Gasteiger partial charge on any atom is 0.572 e. The molecule has 0 radical (unpaired) electrons. The summed E-state index contributed by atoms with van der Waals surface area (Å²) in [6.45, 7) is 1.59. The van der Waals surface area contributed by atoms with Gasteiger partial charge >= 0.3 is 7.27 Å². The summed E-state index contributed by atoms with van der Waals surface area (Å²) < 4.78 is 39.0. The van der Waals surface area contributed by atoms with Crippen LogP contribution in [0.25, 0.3) is 6.08 Å². The first-order valence-corrected chi connectivity index (χ1v) is 5.67. The lowest BCUT2D eigenvalue weighted by atomic mass is 9.81. The largest absolute Gasteiger partial charge is 0.572 e. The van der Waals surface area contributed by atoms with Crippen LogP contribution in [0.4, 0.5) is 13.0 Å². The van der Waals surface area contributed by atoms with E-state index in [-0.39, 0.29) is 11.3 Å². The van der Waals surface area contributed by atoms with Gasteiger partial charge in [-0.2, -0.15) is 0 Å². The molecule has 20 heavy (non-hydrogen) atoms. The molecule has 1 aromatic rings. The molecule has 2 rings (SSSR count). The SMILES string of the molecule is CC1=N/C(=C\c2cc(F)c(O)cc2B(F)F)C(=O)N1C. The predicted molar refractivity (Wildman–Crippen MR) is 69.5 cm³/mol. The monoisotopic (exact) mass is 282 g/mol. The number of likely N-dealkylation sites (N-methyl/N-ethyl adjacent to an activating group) is 1. The summed E-state index contributed by atoms with van der Waals surface area (Å²) in [5, 5.41) is 9.14. The highest BCUT2D eigenvalue weighted by Gasteiger charge is 2.26. The zero-order valence-electron chi connectivity index (χ0n) is 10.7. The minimum absolute atomic E-state index is 0.0583. The second-order valence-electron chi connectivity index (χ2n) is 4.29. The third-order valence-corrected chi connectivity index (χ3v) is 2.97. The second-order valence-corrected chi connectivity index (χ2v) is 4.29. The molecule has 0 aliphatic carbocycles. The van der Waals surface area contributed by atoms with E-state index in [2.05, 4.69) is 4.99 Å². The number of aromatic hydroxyl groups is 1. The molecule has 1 aliphatic rings. The topological polar surface area (TPSA) is 52.9 Å². The zero-order chi connectivity index (χ0) is 15.0. The Morgan fingerprint density at radius 2 is 2.05 bits per heavy atom. The van der Waals surface area contributed by atoms with Crippen molar-refractivity contribution in [1.82, 2.24) is 4.90 Å². The van der Waals surface area contributed by atoms with Crippen molar-refractivity contribution in [2.45, 2.75) is 6.92 Å². The molecule has 0 saturated carbocycles. The van der Waals surface area contributed by atoms with Crippen LogP contribution in [0.3, 0.4) is 0 Å². The molecular formula is C12H10BF3N2O2. The minimum atomic E-state index is -2.91. The highest BCUT2D eigenvalue weighted by Crippen LogP contribution is 2.21. The molecule has 104 valence electrons. The number of hydrogen-bond acceptors (Lipinski definition) is 3. The molecule has 1 amide bonds. The normalized spacial score (nSPS) is 16.9. The molecule has 1 N–H and O–H groups in total. The van der Waals surface area contributed by atoms with Gasteiger partial charge < -0.3 is 5.11 Å². The van der Waals surface area contributed by atoms with E-state index in [1.807, 2.05) is 0 Å². The predicted octanol–water partition coefficient (Wildman–Crippen LogP) is 1.40. The number of benzene rings is 1. The van der Waals surface area contributed by atoms with E-state index in [9.17, 15) is 17.8 Å². The fraction of sp³-hybridized carbons (Fsp3) is 0.167. The summed E-state index contributed by atoms with van der Waals surface area (Å²) in [6.07, 6.45) is 1.08. The van der Waals surface area contributed by atoms with E-state index >= 15 is 0 Å². The Labute approximate surface area is 113 Å². The van der Waals surface area contributed by atoms with Crippen LogP contribution in [0, 0.1) is 5.82 Å². The van der Waals surface area contributed by atoms with Gasteiger partial charge in [-0.1, -0.05) is 0 Å². The molecule has 0 aromatic heterocycles. The summed E-state index contributed by atoms with van der Waals surface area (Å²) in [5.41, 5.74) is -0.811. The molecule has 0 saturated heterocycles. The number of carbonyl (C=O) groups excluding carboxylic acids is 1. The van der Waals surface area contributed by atoms with Gasteiger partial charge in [0.1, 0.15) is 11.5 Å². The number of nitrogens with zero attached hydrogens (tertiary/aromatic N) is 2. The van der Waals surface area contributed by atoms with Gasteiger partial charge in [-0.05, 0) is 30.7 Å². The van der Waals surface area contributed by atoms with E-state index in [4.69, 9.17) is 5.11 Å². The molecule has 8 heteroatoms. The van der Waals surface area contributed by atoms with E-state index in [0.29, 0.717) is 11.9 Å². The summed E-state index contributed by atoms with van der Waals surface area (Å²) in [6, 6.07) is 1.40. The molecule has 4 nitrogen and oxygen atoms in total. The first-order valence-electron chi connectivity index (χ1n) is 5.67. The van der Waals surface area contributed by atoms with E-state index in [1.165, 1.54) is 11.9 Å². The third-order valence-electron chi connectivity index (χ3n) is 2.97. The number of rotatable bonds is 2. The van der Waals surface area contributed by atoms with Crippen molar-refractivity contribution in [3.63, 3.8) is 0 Å². The van der Waals surface area contributed by atoms with E-state index in [1.54, 1.807) is 6.92 Å². The van der Waals surface area contributed by atoms with Gasteiger partial charge in [-0.25, -0.2) is 9.38 Å². The van der Waals surface area contributed by atoms with Crippen molar-refractivity contribution in [1.29, 1.82) is 0 Å². The summed E-state index contributed by atoms with van der Waals surface area (Å²) in [4.78, 5) is 16.9. The molecule has 0 bridgehead atoms. The number of carbonyl (C=O) groups is 1. The van der Waals surface area contributed by atoms with Crippen LogP contribution in [0.1, 0.15) is 12.5 Å². The van der Waals surface area contributed by atoms with Crippen LogP contribution in [0.15, 0.2) is 22.8 Å². The third kappa shape index (κ3) is 2.41. The van der Waals surface area contributed by atoms with Crippen molar-refractivity contribution >= 4 is 30.5 Å². The molecular weight excluding hydrogens is 272 g/mol. The maximum atomic E-state index is 13.3. The highest BCUT2D eigenvalue weighted by atomic mass is 19.2. The van der Waals surface area contributed by atoms with Crippen LogP contribution in [0.2, 0.25) is 0 Å².